The molecule has 0 heterocycles. The van der Waals surface area contributed by atoms with Crippen molar-refractivity contribution >= 4 is 16.8 Å². The van der Waals surface area contributed by atoms with Crippen LogP contribution >= 0.6 is 11.6 Å². The van der Waals surface area contributed by atoms with E-state index in [4.69, 9.17) is 16.8 Å². The zero-order valence-electron chi connectivity index (χ0n) is 5.76. The lowest BCUT2D eigenvalue weighted by Gasteiger charge is -1.97. The maximum atomic E-state index is 12.8. The molecule has 0 radical (unpaired) electrons. The van der Waals surface area contributed by atoms with E-state index in [1.165, 1.54) is 0 Å². The van der Waals surface area contributed by atoms with Crippen molar-refractivity contribution in [2.45, 2.75) is 0 Å². The number of benzene rings is 1. The molecule has 0 saturated carbocycles. The SMILES string of the molecule is O/N=C(\Cl)c1ccc(F)cc1F. The number of oxime groups is 1. The van der Waals surface area contributed by atoms with Gasteiger partial charge >= 0.3 is 0 Å². The van der Waals surface area contributed by atoms with Crippen molar-refractivity contribution in [1.82, 2.24) is 0 Å². The van der Waals surface area contributed by atoms with Crippen molar-refractivity contribution in [2.75, 3.05) is 0 Å². The highest BCUT2D eigenvalue weighted by atomic mass is 35.5. The number of nitrogens with zero attached hydrogens (tertiary/aromatic N) is 1. The summed E-state index contributed by atoms with van der Waals surface area (Å²) in [5.41, 5.74) is -0.138. The Labute approximate surface area is 72.1 Å². The van der Waals surface area contributed by atoms with Crippen LogP contribution in [0.4, 0.5) is 8.78 Å². The molecule has 2 nitrogen and oxygen atoms in total. The van der Waals surface area contributed by atoms with Gasteiger partial charge in [-0.25, -0.2) is 8.78 Å². The van der Waals surface area contributed by atoms with Crippen LogP contribution in [-0.4, -0.2) is 10.4 Å². The van der Waals surface area contributed by atoms with Crippen LogP contribution in [0.5, 0.6) is 0 Å². The molecule has 1 rings (SSSR count). The molecule has 0 aromatic heterocycles. The van der Waals surface area contributed by atoms with Gasteiger partial charge in [0.05, 0.1) is 5.56 Å². The van der Waals surface area contributed by atoms with Crippen molar-refractivity contribution in [1.29, 1.82) is 0 Å². The molecule has 0 atom stereocenters. The highest BCUT2D eigenvalue weighted by Gasteiger charge is 2.07. The van der Waals surface area contributed by atoms with Gasteiger partial charge in [0.1, 0.15) is 11.6 Å². The van der Waals surface area contributed by atoms with Crippen LogP contribution in [0.3, 0.4) is 0 Å². The highest BCUT2D eigenvalue weighted by Crippen LogP contribution is 2.12. The van der Waals surface area contributed by atoms with Gasteiger partial charge in [0.15, 0.2) is 5.17 Å². The van der Waals surface area contributed by atoms with Gasteiger partial charge in [-0.2, -0.15) is 0 Å². The molecule has 1 N–H and O–H groups in total. The standard InChI is InChI=1S/C7H4ClF2NO/c8-7(11-12)5-2-1-4(9)3-6(5)10/h1-3,12H/b11-7-. The van der Waals surface area contributed by atoms with Gasteiger partial charge in [0.25, 0.3) is 0 Å². The minimum Gasteiger partial charge on any atom is -0.410 e. The first kappa shape index (κ1) is 8.93. The van der Waals surface area contributed by atoms with Crippen LogP contribution in [-0.2, 0) is 0 Å². The van der Waals surface area contributed by atoms with E-state index in [9.17, 15) is 8.78 Å². The molecule has 0 saturated heterocycles. The summed E-state index contributed by atoms with van der Waals surface area (Å²) in [4.78, 5) is 0. The van der Waals surface area contributed by atoms with E-state index in [1.54, 1.807) is 0 Å². The van der Waals surface area contributed by atoms with E-state index < -0.39 is 16.8 Å². The molecule has 12 heavy (non-hydrogen) atoms. The number of rotatable bonds is 1. The Morgan fingerprint density at radius 3 is 2.58 bits per heavy atom. The fourth-order valence-corrected chi connectivity index (χ4v) is 0.864. The number of hydrogen-bond donors (Lipinski definition) is 1. The van der Waals surface area contributed by atoms with E-state index in [0.717, 1.165) is 12.1 Å². The van der Waals surface area contributed by atoms with Crippen LogP contribution < -0.4 is 0 Å². The third kappa shape index (κ3) is 1.71. The van der Waals surface area contributed by atoms with Gasteiger partial charge in [-0.15, -0.1) is 0 Å². The van der Waals surface area contributed by atoms with Gasteiger partial charge in [0, 0.05) is 6.07 Å². The topological polar surface area (TPSA) is 32.6 Å². The van der Waals surface area contributed by atoms with Crippen molar-refractivity contribution in [3.05, 3.63) is 35.4 Å². The summed E-state index contributed by atoms with van der Waals surface area (Å²) in [7, 11) is 0. The third-order valence-electron chi connectivity index (χ3n) is 1.24. The second kappa shape index (κ2) is 3.49. The molecule has 64 valence electrons. The molecule has 1 aromatic rings. The summed E-state index contributed by atoms with van der Waals surface area (Å²) in [5.74, 6) is -1.57. The average Bonchev–Trinajstić information content (AvgIpc) is 2.03. The maximum absolute atomic E-state index is 12.8. The Morgan fingerprint density at radius 2 is 2.08 bits per heavy atom. The van der Waals surface area contributed by atoms with Gasteiger partial charge in [0.2, 0.25) is 0 Å². The Hall–Kier alpha value is -1.16. The monoisotopic (exact) mass is 191 g/mol. The Bertz CT molecular complexity index is 327. The fraction of sp³-hybridized carbons (Fsp3) is 0. The van der Waals surface area contributed by atoms with E-state index in [0.29, 0.717) is 6.07 Å². The van der Waals surface area contributed by atoms with Gasteiger partial charge < -0.3 is 5.21 Å². The molecule has 0 aliphatic carbocycles. The Kier molecular flexibility index (Phi) is 2.60. The van der Waals surface area contributed by atoms with Crippen LogP contribution in [0, 0.1) is 11.6 Å². The van der Waals surface area contributed by atoms with Gasteiger partial charge in [-0.3, -0.25) is 0 Å². The van der Waals surface area contributed by atoms with Crippen molar-refractivity contribution in [2.24, 2.45) is 5.16 Å². The second-order valence-corrected chi connectivity index (χ2v) is 2.37. The minimum atomic E-state index is -0.863. The molecule has 0 fully saturated rings. The molecule has 0 aliphatic heterocycles. The summed E-state index contributed by atoms with van der Waals surface area (Å²) >= 11 is 5.29. The van der Waals surface area contributed by atoms with Crippen molar-refractivity contribution < 1.29 is 14.0 Å². The molecule has 1 aromatic carbocycles. The third-order valence-corrected chi connectivity index (χ3v) is 1.52. The summed E-state index contributed by atoms with van der Waals surface area (Å²) in [6, 6.07) is 2.77. The first-order chi connectivity index (χ1) is 5.65. The molecule has 0 spiro atoms. The quantitative estimate of drug-likeness (QED) is 0.413. The summed E-state index contributed by atoms with van der Waals surface area (Å²) in [6.07, 6.45) is 0. The molecule has 0 amide bonds. The highest BCUT2D eigenvalue weighted by molar-refractivity contribution is 6.69. The van der Waals surface area contributed by atoms with E-state index >= 15 is 0 Å². The van der Waals surface area contributed by atoms with Crippen molar-refractivity contribution in [3.8, 4) is 0 Å². The number of hydrogen-bond acceptors (Lipinski definition) is 2. The van der Waals surface area contributed by atoms with Crippen LogP contribution in [0.15, 0.2) is 23.4 Å². The molecular weight excluding hydrogens is 188 g/mol. The second-order valence-electron chi connectivity index (χ2n) is 2.01. The van der Waals surface area contributed by atoms with E-state index in [2.05, 4.69) is 5.16 Å². The Morgan fingerprint density at radius 1 is 1.42 bits per heavy atom. The first-order valence-corrected chi connectivity index (χ1v) is 3.36. The normalized spacial score (nSPS) is 11.8. The molecule has 0 aliphatic rings. The lowest BCUT2D eigenvalue weighted by Crippen LogP contribution is -1.96. The molecule has 0 bridgehead atoms. The van der Waals surface area contributed by atoms with Gasteiger partial charge in [-0.1, -0.05) is 16.8 Å². The predicted octanol–water partition coefficient (Wildman–Crippen LogP) is 2.34. The zero-order chi connectivity index (χ0) is 9.14. The molecular formula is C7H4ClF2NO. The molecule has 0 unspecified atom stereocenters. The first-order valence-electron chi connectivity index (χ1n) is 2.98. The van der Waals surface area contributed by atoms with Crippen molar-refractivity contribution in [3.63, 3.8) is 0 Å². The smallest absolute Gasteiger partial charge is 0.178 e. The van der Waals surface area contributed by atoms with E-state index in [1.807, 2.05) is 0 Å². The minimum absolute atomic E-state index is 0.138. The molecule has 5 heteroatoms. The number of halogens is 3. The largest absolute Gasteiger partial charge is 0.410 e. The fourth-order valence-electron chi connectivity index (χ4n) is 0.711. The van der Waals surface area contributed by atoms with Crippen LogP contribution in [0.2, 0.25) is 0 Å². The van der Waals surface area contributed by atoms with E-state index in [-0.39, 0.29) is 5.56 Å². The lowest BCUT2D eigenvalue weighted by atomic mass is 10.2. The summed E-state index contributed by atoms with van der Waals surface area (Å²) in [6.45, 7) is 0. The summed E-state index contributed by atoms with van der Waals surface area (Å²) < 4.78 is 25.1. The lowest BCUT2D eigenvalue weighted by molar-refractivity contribution is 0.320. The summed E-state index contributed by atoms with van der Waals surface area (Å²) in [5, 5.41) is 10.3. The zero-order valence-corrected chi connectivity index (χ0v) is 6.52. The average molecular weight is 192 g/mol. The maximum Gasteiger partial charge on any atom is 0.178 e. The van der Waals surface area contributed by atoms with Gasteiger partial charge in [-0.05, 0) is 12.1 Å². The predicted molar refractivity (Wildman–Crippen MR) is 40.5 cm³/mol. The van der Waals surface area contributed by atoms with Crippen LogP contribution in [0.1, 0.15) is 5.56 Å². The van der Waals surface area contributed by atoms with Crippen LogP contribution in [0.25, 0.3) is 0 Å². The Balaban J connectivity index is 3.18.